The number of rotatable bonds is 5. The van der Waals surface area contributed by atoms with E-state index < -0.39 is 0 Å². The van der Waals surface area contributed by atoms with Crippen molar-refractivity contribution in [3.63, 3.8) is 0 Å². The third-order valence-electron chi connectivity index (χ3n) is 4.06. The van der Waals surface area contributed by atoms with Crippen LogP contribution in [0.3, 0.4) is 0 Å². The van der Waals surface area contributed by atoms with Crippen LogP contribution < -0.4 is 10.1 Å². The van der Waals surface area contributed by atoms with Gasteiger partial charge in [-0.1, -0.05) is 48.5 Å². The molecule has 0 aliphatic rings. The van der Waals surface area contributed by atoms with Crippen molar-refractivity contribution in [3.05, 3.63) is 60.4 Å². The molecule has 2 aromatic heterocycles. The van der Waals surface area contributed by atoms with E-state index in [0.717, 1.165) is 22.8 Å². The van der Waals surface area contributed by atoms with Crippen LogP contribution in [-0.2, 0) is 6.42 Å². The smallest absolute Gasteiger partial charge is 0.228 e. The normalized spacial score (nSPS) is 10.8. The average Bonchev–Trinajstić information content (AvgIpc) is 3.13. The first-order chi connectivity index (χ1) is 12.8. The molecule has 130 valence electrons. The topological polar surface area (TPSA) is 73.1 Å². The Labute approximate surface area is 150 Å². The highest BCUT2D eigenvalue weighted by atomic mass is 16.5. The van der Waals surface area contributed by atoms with Crippen molar-refractivity contribution in [3.8, 4) is 17.0 Å². The van der Waals surface area contributed by atoms with Gasteiger partial charge >= 0.3 is 0 Å². The summed E-state index contributed by atoms with van der Waals surface area (Å²) in [5.74, 6) is 2.08. The zero-order chi connectivity index (χ0) is 17.9. The highest BCUT2D eigenvalue weighted by molar-refractivity contribution is 5.94. The Morgan fingerprint density at radius 2 is 1.88 bits per heavy atom. The molecule has 0 aliphatic carbocycles. The number of fused-ring (bicyclic) bond motifs is 1. The zero-order valence-electron chi connectivity index (χ0n) is 14.6. The van der Waals surface area contributed by atoms with E-state index in [1.54, 1.807) is 7.11 Å². The van der Waals surface area contributed by atoms with Gasteiger partial charge in [0.2, 0.25) is 5.58 Å². The summed E-state index contributed by atoms with van der Waals surface area (Å²) in [6.45, 7) is 2.02. The lowest BCUT2D eigenvalue weighted by molar-refractivity contribution is 0.415. The number of nitrogens with one attached hydrogen (secondary N) is 1. The minimum Gasteiger partial charge on any atom is -0.497 e. The van der Waals surface area contributed by atoms with Crippen LogP contribution in [0.1, 0.15) is 12.7 Å². The molecule has 0 aliphatic heterocycles. The highest BCUT2D eigenvalue weighted by Crippen LogP contribution is 2.32. The van der Waals surface area contributed by atoms with Crippen molar-refractivity contribution in [1.82, 2.24) is 15.1 Å². The summed E-state index contributed by atoms with van der Waals surface area (Å²) in [5, 5.41) is 7.53. The van der Waals surface area contributed by atoms with Crippen LogP contribution in [0.2, 0.25) is 0 Å². The number of aryl methyl sites for hydroxylation is 1. The van der Waals surface area contributed by atoms with E-state index in [4.69, 9.17) is 9.26 Å². The predicted molar refractivity (Wildman–Crippen MR) is 101 cm³/mol. The van der Waals surface area contributed by atoms with Gasteiger partial charge in [0.15, 0.2) is 5.82 Å². The van der Waals surface area contributed by atoms with E-state index in [1.807, 2.05) is 61.5 Å². The fourth-order valence-electron chi connectivity index (χ4n) is 2.74. The Kier molecular flexibility index (Phi) is 4.23. The highest BCUT2D eigenvalue weighted by Gasteiger charge is 2.18. The molecule has 0 spiro atoms. The number of benzene rings is 2. The first-order valence-electron chi connectivity index (χ1n) is 8.41. The number of hydrogen-bond donors (Lipinski definition) is 1. The Morgan fingerprint density at radius 1 is 1.04 bits per heavy atom. The fourth-order valence-corrected chi connectivity index (χ4v) is 2.74. The monoisotopic (exact) mass is 346 g/mol. The number of hydrogen-bond acceptors (Lipinski definition) is 6. The first kappa shape index (κ1) is 16.1. The molecule has 0 radical (unpaired) electrons. The van der Waals surface area contributed by atoms with Gasteiger partial charge in [-0.15, -0.1) is 0 Å². The molecule has 6 nitrogen and oxygen atoms in total. The molecular formula is C20H18N4O2. The van der Waals surface area contributed by atoms with Crippen molar-refractivity contribution in [2.24, 2.45) is 0 Å². The van der Waals surface area contributed by atoms with Crippen LogP contribution in [0, 0.1) is 0 Å². The van der Waals surface area contributed by atoms with Gasteiger partial charge in [-0.05, 0) is 12.1 Å². The first-order valence-corrected chi connectivity index (χ1v) is 8.41. The fraction of sp³-hybridized carbons (Fsp3) is 0.150. The molecule has 1 N–H and O–H groups in total. The summed E-state index contributed by atoms with van der Waals surface area (Å²) >= 11 is 0. The SMILES string of the molecule is CCc1nc(Nc2cccc(OC)c2)c2onc(-c3ccccc3)c2n1. The Bertz CT molecular complexity index is 1040. The summed E-state index contributed by atoms with van der Waals surface area (Å²) in [6.07, 6.45) is 0.710. The van der Waals surface area contributed by atoms with Gasteiger partial charge in [-0.25, -0.2) is 9.97 Å². The van der Waals surface area contributed by atoms with E-state index in [1.165, 1.54) is 0 Å². The van der Waals surface area contributed by atoms with Gasteiger partial charge < -0.3 is 14.6 Å². The summed E-state index contributed by atoms with van der Waals surface area (Å²) in [7, 11) is 1.64. The molecule has 0 saturated heterocycles. The molecule has 0 fully saturated rings. The van der Waals surface area contributed by atoms with Crippen LogP contribution >= 0.6 is 0 Å². The van der Waals surface area contributed by atoms with Crippen LogP contribution in [-0.4, -0.2) is 22.2 Å². The lowest BCUT2D eigenvalue weighted by atomic mass is 10.1. The molecule has 6 heteroatoms. The van der Waals surface area contributed by atoms with Crippen molar-refractivity contribution in [2.45, 2.75) is 13.3 Å². The summed E-state index contributed by atoms with van der Waals surface area (Å²) in [6, 6.07) is 17.5. The zero-order valence-corrected chi connectivity index (χ0v) is 14.6. The standard InChI is InChI=1S/C20H18N4O2/c1-3-16-22-18-17(13-8-5-4-6-9-13)24-26-19(18)20(23-16)21-14-10-7-11-15(12-14)25-2/h4-12H,3H2,1-2H3,(H,21,22,23). The lowest BCUT2D eigenvalue weighted by Gasteiger charge is -2.08. The average molecular weight is 346 g/mol. The molecule has 26 heavy (non-hydrogen) atoms. The lowest BCUT2D eigenvalue weighted by Crippen LogP contribution is -2.00. The third-order valence-corrected chi connectivity index (χ3v) is 4.06. The second kappa shape index (κ2) is 6.84. The number of aromatic nitrogens is 3. The second-order valence-corrected chi connectivity index (χ2v) is 5.77. The van der Waals surface area contributed by atoms with Crippen LogP contribution in [0.5, 0.6) is 5.75 Å². The molecule has 0 bridgehead atoms. The van der Waals surface area contributed by atoms with Crippen molar-refractivity contribution in [1.29, 1.82) is 0 Å². The van der Waals surface area contributed by atoms with Gasteiger partial charge in [0, 0.05) is 23.7 Å². The minimum atomic E-state index is 0.531. The minimum absolute atomic E-state index is 0.531. The van der Waals surface area contributed by atoms with Gasteiger partial charge in [0.05, 0.1) is 7.11 Å². The van der Waals surface area contributed by atoms with E-state index in [2.05, 4.69) is 20.4 Å². The Balaban J connectivity index is 1.83. The summed E-state index contributed by atoms with van der Waals surface area (Å²) in [4.78, 5) is 9.21. The second-order valence-electron chi connectivity index (χ2n) is 5.77. The van der Waals surface area contributed by atoms with Gasteiger partial charge in [-0.3, -0.25) is 0 Å². The number of nitrogens with zero attached hydrogens (tertiary/aromatic N) is 3. The van der Waals surface area contributed by atoms with Gasteiger partial charge in [-0.2, -0.15) is 0 Å². The molecule has 0 unspecified atom stereocenters. The molecule has 0 atom stereocenters. The molecule has 0 amide bonds. The maximum atomic E-state index is 5.59. The van der Waals surface area contributed by atoms with Crippen LogP contribution in [0.15, 0.2) is 59.1 Å². The van der Waals surface area contributed by atoms with Crippen molar-refractivity contribution < 1.29 is 9.26 Å². The summed E-state index contributed by atoms with van der Waals surface area (Å²) in [5.41, 5.74) is 3.76. The molecular weight excluding hydrogens is 328 g/mol. The number of anilines is 2. The van der Waals surface area contributed by atoms with E-state index >= 15 is 0 Å². The Morgan fingerprint density at radius 3 is 2.65 bits per heavy atom. The largest absolute Gasteiger partial charge is 0.497 e. The van der Waals surface area contributed by atoms with Gasteiger partial charge in [0.1, 0.15) is 22.8 Å². The molecule has 2 aromatic carbocycles. The molecule has 0 saturated carbocycles. The quantitative estimate of drug-likeness (QED) is 0.569. The van der Waals surface area contributed by atoms with E-state index in [9.17, 15) is 0 Å². The van der Waals surface area contributed by atoms with E-state index in [-0.39, 0.29) is 0 Å². The maximum Gasteiger partial charge on any atom is 0.228 e. The maximum absolute atomic E-state index is 5.59. The van der Waals surface area contributed by atoms with Crippen LogP contribution in [0.4, 0.5) is 11.5 Å². The van der Waals surface area contributed by atoms with Crippen molar-refractivity contribution >= 4 is 22.6 Å². The molecule has 2 heterocycles. The number of ether oxygens (including phenoxy) is 1. The molecule has 4 aromatic rings. The number of methoxy groups -OCH3 is 1. The molecule has 4 rings (SSSR count). The Hall–Kier alpha value is -3.41. The van der Waals surface area contributed by atoms with Gasteiger partial charge in [0.25, 0.3) is 0 Å². The van der Waals surface area contributed by atoms with E-state index in [0.29, 0.717) is 29.0 Å². The summed E-state index contributed by atoms with van der Waals surface area (Å²) < 4.78 is 10.9. The van der Waals surface area contributed by atoms with Crippen molar-refractivity contribution in [2.75, 3.05) is 12.4 Å². The third kappa shape index (κ3) is 2.97. The van der Waals surface area contributed by atoms with Crippen LogP contribution in [0.25, 0.3) is 22.4 Å². The predicted octanol–water partition coefficient (Wildman–Crippen LogP) is 4.60.